The van der Waals surface area contributed by atoms with Gasteiger partial charge in [0.2, 0.25) is 0 Å². The van der Waals surface area contributed by atoms with Crippen LogP contribution in [0.25, 0.3) is 11.3 Å². The SMILES string of the molecule is CN(Cc1ccc(C2CCCCC2)cc1)c1ccc(-c2csc(N(C)Cc3ccc(C(=O)OC(=O)[C@@H](N)CCCCN)cc3)n2)cc1. The monoisotopic (exact) mass is 653 g/mol. The van der Waals surface area contributed by atoms with Gasteiger partial charge in [0.25, 0.3) is 0 Å². The Kier molecular flexibility index (Phi) is 12.2. The van der Waals surface area contributed by atoms with Crippen LogP contribution in [0.1, 0.15) is 84.3 Å². The van der Waals surface area contributed by atoms with E-state index >= 15 is 0 Å². The molecule has 0 aliphatic heterocycles. The molecule has 1 saturated carbocycles. The van der Waals surface area contributed by atoms with E-state index in [9.17, 15) is 9.59 Å². The van der Waals surface area contributed by atoms with Crippen molar-refractivity contribution < 1.29 is 14.3 Å². The first-order valence-electron chi connectivity index (χ1n) is 16.7. The summed E-state index contributed by atoms with van der Waals surface area (Å²) in [6, 6.07) is 24.0. The van der Waals surface area contributed by atoms with E-state index in [1.165, 1.54) is 48.9 Å². The molecule has 0 saturated heterocycles. The highest BCUT2D eigenvalue weighted by Crippen LogP contribution is 2.33. The van der Waals surface area contributed by atoms with E-state index in [2.05, 4.69) is 70.8 Å². The second-order valence-electron chi connectivity index (χ2n) is 12.6. The highest BCUT2D eigenvalue weighted by Gasteiger charge is 2.20. The molecule has 8 nitrogen and oxygen atoms in total. The van der Waals surface area contributed by atoms with Crippen molar-refractivity contribution in [3.05, 3.63) is 100 Å². The number of thiazole rings is 1. The van der Waals surface area contributed by atoms with Gasteiger partial charge in [-0.05, 0) is 79.1 Å². The number of carbonyl (C=O) groups is 2. The van der Waals surface area contributed by atoms with E-state index in [4.69, 9.17) is 21.2 Å². The lowest BCUT2D eigenvalue weighted by Gasteiger charge is -2.23. The first-order chi connectivity index (χ1) is 22.8. The fourth-order valence-corrected chi connectivity index (χ4v) is 6.90. The van der Waals surface area contributed by atoms with Crippen LogP contribution in [0.3, 0.4) is 0 Å². The molecule has 47 heavy (non-hydrogen) atoms. The number of unbranched alkanes of at least 4 members (excludes halogenated alkanes) is 1. The average Bonchev–Trinajstić information content (AvgIpc) is 3.60. The van der Waals surface area contributed by atoms with E-state index in [1.807, 2.05) is 19.2 Å². The highest BCUT2D eigenvalue weighted by atomic mass is 32.1. The number of ether oxygens (including phenoxy) is 1. The quantitative estimate of drug-likeness (QED) is 0.0830. The van der Waals surface area contributed by atoms with Crippen molar-refractivity contribution in [1.29, 1.82) is 0 Å². The summed E-state index contributed by atoms with van der Waals surface area (Å²) in [5.74, 6) is -0.679. The number of nitrogens with zero attached hydrogens (tertiary/aromatic N) is 3. The molecule has 0 radical (unpaired) electrons. The third-order valence-electron chi connectivity index (χ3n) is 8.97. The van der Waals surface area contributed by atoms with Crippen molar-refractivity contribution >= 4 is 34.1 Å². The second-order valence-corrected chi connectivity index (χ2v) is 13.5. The van der Waals surface area contributed by atoms with Gasteiger partial charge >= 0.3 is 11.9 Å². The van der Waals surface area contributed by atoms with Crippen LogP contribution in [0, 0.1) is 0 Å². The van der Waals surface area contributed by atoms with Crippen LogP contribution < -0.4 is 21.3 Å². The van der Waals surface area contributed by atoms with Crippen LogP contribution in [-0.4, -0.2) is 43.6 Å². The number of esters is 2. The molecule has 1 fully saturated rings. The van der Waals surface area contributed by atoms with Crippen LogP contribution >= 0.6 is 11.3 Å². The number of hydrogen-bond acceptors (Lipinski definition) is 9. The molecule has 0 amide bonds. The Bertz CT molecular complexity index is 1580. The van der Waals surface area contributed by atoms with Gasteiger partial charge in [-0.3, -0.25) is 0 Å². The fourth-order valence-electron chi connectivity index (χ4n) is 6.10. The lowest BCUT2D eigenvalue weighted by molar-refractivity contribution is -0.139. The summed E-state index contributed by atoms with van der Waals surface area (Å²) < 4.78 is 4.98. The summed E-state index contributed by atoms with van der Waals surface area (Å²) in [5.41, 5.74) is 18.6. The molecule has 4 aromatic rings. The molecule has 0 bridgehead atoms. The Morgan fingerprint density at radius 3 is 2.17 bits per heavy atom. The highest BCUT2D eigenvalue weighted by molar-refractivity contribution is 7.14. The third-order valence-corrected chi connectivity index (χ3v) is 9.93. The zero-order chi connectivity index (χ0) is 33.2. The van der Waals surface area contributed by atoms with Gasteiger partial charge in [0.1, 0.15) is 6.04 Å². The van der Waals surface area contributed by atoms with Gasteiger partial charge in [-0.15, -0.1) is 11.3 Å². The summed E-state index contributed by atoms with van der Waals surface area (Å²) in [6.45, 7) is 2.01. The molecule has 5 rings (SSSR count). The predicted molar refractivity (Wildman–Crippen MR) is 192 cm³/mol. The van der Waals surface area contributed by atoms with Crippen molar-refractivity contribution in [1.82, 2.24) is 4.98 Å². The van der Waals surface area contributed by atoms with Crippen molar-refractivity contribution in [3.8, 4) is 11.3 Å². The number of carbonyl (C=O) groups excluding carboxylic acids is 2. The first kappa shape index (κ1) is 34.3. The maximum atomic E-state index is 12.4. The molecule has 1 aliphatic rings. The van der Waals surface area contributed by atoms with Gasteiger partial charge in [0.15, 0.2) is 5.13 Å². The van der Waals surface area contributed by atoms with E-state index in [0.29, 0.717) is 31.5 Å². The number of nitrogens with two attached hydrogens (primary N) is 2. The van der Waals surface area contributed by atoms with E-state index in [0.717, 1.165) is 40.8 Å². The Hall–Kier alpha value is -4.05. The summed E-state index contributed by atoms with van der Waals surface area (Å²) in [4.78, 5) is 33.8. The van der Waals surface area contributed by atoms with Gasteiger partial charge < -0.3 is 26.0 Å². The smallest absolute Gasteiger partial charge is 0.345 e. The minimum absolute atomic E-state index is 0.303. The van der Waals surface area contributed by atoms with Crippen LogP contribution in [0.4, 0.5) is 10.8 Å². The summed E-state index contributed by atoms with van der Waals surface area (Å²) in [7, 11) is 4.13. The van der Waals surface area contributed by atoms with Crippen molar-refractivity contribution in [2.45, 2.75) is 76.4 Å². The first-order valence-corrected chi connectivity index (χ1v) is 17.6. The molecule has 3 aromatic carbocycles. The zero-order valence-corrected chi connectivity index (χ0v) is 28.4. The van der Waals surface area contributed by atoms with Crippen molar-refractivity contribution in [3.63, 3.8) is 0 Å². The predicted octanol–water partition coefficient (Wildman–Crippen LogP) is 7.27. The summed E-state index contributed by atoms with van der Waals surface area (Å²) in [5, 5.41) is 2.98. The largest absolute Gasteiger partial charge is 0.388 e. The Labute approximate surface area is 282 Å². The molecule has 0 unspecified atom stereocenters. The molecular formula is C38H47N5O3S. The molecule has 0 spiro atoms. The van der Waals surface area contributed by atoms with Gasteiger partial charge in [-0.1, -0.05) is 74.2 Å². The van der Waals surface area contributed by atoms with Gasteiger partial charge in [-0.2, -0.15) is 0 Å². The third kappa shape index (κ3) is 9.50. The van der Waals surface area contributed by atoms with E-state index < -0.39 is 18.0 Å². The maximum Gasteiger partial charge on any atom is 0.345 e. The zero-order valence-electron chi connectivity index (χ0n) is 27.6. The van der Waals surface area contributed by atoms with Crippen LogP contribution in [-0.2, 0) is 22.6 Å². The number of anilines is 2. The second kappa shape index (κ2) is 16.7. The molecule has 248 valence electrons. The van der Waals surface area contributed by atoms with Gasteiger partial charge in [-0.25, -0.2) is 14.6 Å². The van der Waals surface area contributed by atoms with Gasteiger partial charge in [0.05, 0.1) is 11.3 Å². The maximum absolute atomic E-state index is 12.4. The van der Waals surface area contributed by atoms with Crippen LogP contribution in [0.15, 0.2) is 78.2 Å². The molecule has 1 heterocycles. The number of benzene rings is 3. The van der Waals surface area contributed by atoms with Crippen LogP contribution in [0.5, 0.6) is 0 Å². The molecule has 9 heteroatoms. The Balaban J connectivity index is 1.11. The van der Waals surface area contributed by atoms with E-state index in [1.54, 1.807) is 23.5 Å². The standard InChI is InChI=1S/C38H47N5O3S/c1-42(24-27-11-15-30(16-12-27)29-8-4-3-5-9-29)33-21-19-31(20-22-33)35-26-47-38(41-35)43(2)25-28-13-17-32(18-14-28)36(44)46-37(45)34(40)10-6-7-23-39/h11-22,26,29,34H,3-10,23-25,39-40H2,1-2H3/t34-/m0/s1. The number of aromatic nitrogens is 1. The molecular weight excluding hydrogens is 607 g/mol. The minimum atomic E-state index is -0.833. The minimum Gasteiger partial charge on any atom is -0.388 e. The lowest BCUT2D eigenvalue weighted by Crippen LogP contribution is -2.33. The normalized spacial score (nSPS) is 14.0. The molecule has 1 aromatic heterocycles. The lowest BCUT2D eigenvalue weighted by atomic mass is 9.84. The topological polar surface area (TPSA) is 115 Å². The van der Waals surface area contributed by atoms with Crippen molar-refractivity contribution in [2.24, 2.45) is 11.5 Å². The molecule has 1 atom stereocenters. The molecule has 1 aliphatic carbocycles. The fraction of sp³-hybridized carbons (Fsp3) is 0.395. The van der Waals surface area contributed by atoms with Crippen molar-refractivity contribution in [2.75, 3.05) is 30.4 Å². The van der Waals surface area contributed by atoms with E-state index in [-0.39, 0.29) is 0 Å². The van der Waals surface area contributed by atoms with Gasteiger partial charge in [0, 0.05) is 43.8 Å². The average molecular weight is 654 g/mol. The summed E-state index contributed by atoms with van der Waals surface area (Å²) in [6.07, 6.45) is 8.68. The number of rotatable bonds is 14. The number of hydrogen-bond donors (Lipinski definition) is 2. The Morgan fingerprint density at radius 1 is 0.872 bits per heavy atom. The Morgan fingerprint density at radius 2 is 1.51 bits per heavy atom. The van der Waals surface area contributed by atoms with Crippen LogP contribution in [0.2, 0.25) is 0 Å². The molecule has 4 N–H and O–H groups in total. The summed E-state index contributed by atoms with van der Waals surface area (Å²) >= 11 is 1.59.